The highest BCUT2D eigenvalue weighted by molar-refractivity contribution is 9.10. The summed E-state index contributed by atoms with van der Waals surface area (Å²) in [6.07, 6.45) is 0. The highest BCUT2D eigenvalue weighted by atomic mass is 79.9. The fourth-order valence-corrected chi connectivity index (χ4v) is 1.95. The van der Waals surface area contributed by atoms with Crippen LogP contribution < -0.4 is 0 Å². The van der Waals surface area contributed by atoms with Crippen LogP contribution >= 0.6 is 15.9 Å². The van der Waals surface area contributed by atoms with Gasteiger partial charge in [-0.05, 0) is 31.2 Å². The van der Waals surface area contributed by atoms with Crippen LogP contribution in [0, 0.1) is 6.92 Å². The molecule has 1 aromatic carbocycles. The molecule has 1 heterocycles. The molecule has 0 bridgehead atoms. The first-order valence-corrected chi connectivity index (χ1v) is 5.92. The number of hydrogen-bond donors (Lipinski definition) is 1. The van der Waals surface area contributed by atoms with Crippen LogP contribution in [0.15, 0.2) is 39.2 Å². The molecule has 4 nitrogen and oxygen atoms in total. The Labute approximate surface area is 111 Å². The zero-order chi connectivity index (χ0) is 13.3. The summed E-state index contributed by atoms with van der Waals surface area (Å²) in [4.78, 5) is 22.8. The lowest BCUT2D eigenvalue weighted by molar-refractivity contribution is 0.0660. The highest BCUT2D eigenvalue weighted by Crippen LogP contribution is 2.22. The van der Waals surface area contributed by atoms with Crippen molar-refractivity contribution in [3.8, 4) is 0 Å². The molecule has 0 fully saturated rings. The Bertz CT molecular complexity index is 628. The Hall–Kier alpha value is -1.88. The first-order valence-electron chi connectivity index (χ1n) is 5.13. The predicted octanol–water partition coefficient (Wildman–Crippen LogP) is 3.28. The zero-order valence-electron chi connectivity index (χ0n) is 9.44. The summed E-state index contributed by atoms with van der Waals surface area (Å²) < 4.78 is 5.63. The maximum absolute atomic E-state index is 12.1. The second-order valence-corrected chi connectivity index (χ2v) is 4.64. The number of ketones is 1. The molecule has 18 heavy (non-hydrogen) atoms. The number of aromatic carboxylic acids is 1. The maximum Gasteiger partial charge on any atom is 0.371 e. The summed E-state index contributed by atoms with van der Waals surface area (Å²) in [6.45, 7) is 1.87. The van der Waals surface area contributed by atoms with Crippen molar-refractivity contribution < 1.29 is 19.1 Å². The third-order valence-corrected chi connectivity index (χ3v) is 3.10. The third-order valence-electron chi connectivity index (χ3n) is 2.41. The van der Waals surface area contributed by atoms with Crippen molar-refractivity contribution in [3.05, 3.63) is 57.5 Å². The average molecular weight is 309 g/mol. The minimum atomic E-state index is -1.20. The Kier molecular flexibility index (Phi) is 3.34. The molecule has 0 unspecified atom stereocenters. The highest BCUT2D eigenvalue weighted by Gasteiger charge is 2.18. The van der Waals surface area contributed by atoms with Gasteiger partial charge in [-0.3, -0.25) is 4.79 Å². The van der Waals surface area contributed by atoms with Crippen molar-refractivity contribution in [1.29, 1.82) is 0 Å². The van der Waals surface area contributed by atoms with E-state index >= 15 is 0 Å². The van der Waals surface area contributed by atoms with Crippen molar-refractivity contribution in [2.75, 3.05) is 0 Å². The zero-order valence-corrected chi connectivity index (χ0v) is 11.0. The number of rotatable bonds is 3. The van der Waals surface area contributed by atoms with Gasteiger partial charge in [-0.15, -0.1) is 0 Å². The van der Waals surface area contributed by atoms with E-state index in [0.29, 0.717) is 10.0 Å². The molecule has 0 saturated carbocycles. The number of hydrogen-bond acceptors (Lipinski definition) is 3. The first-order chi connectivity index (χ1) is 8.49. The standard InChI is InChI=1S/C13H9BrO4/c1-7-2-3-9(14)8(6-7)12(15)10-4-5-11(18-10)13(16)17/h2-6H,1H3,(H,16,17). The van der Waals surface area contributed by atoms with Gasteiger partial charge in [0.2, 0.25) is 11.5 Å². The molecule has 2 rings (SSSR count). The van der Waals surface area contributed by atoms with E-state index in [0.717, 1.165) is 5.56 Å². The van der Waals surface area contributed by atoms with Crippen LogP contribution in [0.4, 0.5) is 0 Å². The van der Waals surface area contributed by atoms with E-state index in [4.69, 9.17) is 9.52 Å². The van der Waals surface area contributed by atoms with Gasteiger partial charge in [0.15, 0.2) is 5.76 Å². The molecule has 0 atom stereocenters. The Morgan fingerprint density at radius 2 is 1.83 bits per heavy atom. The van der Waals surface area contributed by atoms with E-state index in [2.05, 4.69) is 15.9 Å². The molecule has 92 valence electrons. The molecule has 1 aromatic heterocycles. The molecule has 0 aliphatic heterocycles. The molecule has 1 N–H and O–H groups in total. The van der Waals surface area contributed by atoms with Crippen LogP contribution in [0.1, 0.15) is 32.2 Å². The molecule has 0 radical (unpaired) electrons. The number of furan rings is 1. The van der Waals surface area contributed by atoms with Crippen LogP contribution in [0.2, 0.25) is 0 Å². The van der Waals surface area contributed by atoms with E-state index in [1.807, 2.05) is 13.0 Å². The molecular formula is C13H9BrO4. The quantitative estimate of drug-likeness (QED) is 0.884. The summed E-state index contributed by atoms with van der Waals surface area (Å²) >= 11 is 3.29. The predicted molar refractivity (Wildman–Crippen MR) is 68.0 cm³/mol. The summed E-state index contributed by atoms with van der Waals surface area (Å²) in [5.41, 5.74) is 1.38. The minimum absolute atomic E-state index is 0.0127. The maximum atomic E-state index is 12.1. The lowest BCUT2D eigenvalue weighted by Crippen LogP contribution is -2.01. The van der Waals surface area contributed by atoms with Crippen LogP contribution in [-0.4, -0.2) is 16.9 Å². The Morgan fingerprint density at radius 1 is 1.17 bits per heavy atom. The molecule has 0 amide bonds. The number of benzene rings is 1. The van der Waals surface area contributed by atoms with Gasteiger partial charge >= 0.3 is 5.97 Å². The molecule has 5 heteroatoms. The molecule has 0 aliphatic carbocycles. The fraction of sp³-hybridized carbons (Fsp3) is 0.0769. The molecule has 2 aromatic rings. The third kappa shape index (κ3) is 2.36. The van der Waals surface area contributed by atoms with E-state index < -0.39 is 5.97 Å². The average Bonchev–Trinajstić information content (AvgIpc) is 2.81. The van der Waals surface area contributed by atoms with Gasteiger partial charge in [0.25, 0.3) is 0 Å². The van der Waals surface area contributed by atoms with Crippen LogP contribution in [0.25, 0.3) is 0 Å². The minimum Gasteiger partial charge on any atom is -0.475 e. The number of carbonyl (C=O) groups excluding carboxylic acids is 1. The van der Waals surface area contributed by atoms with Crippen molar-refractivity contribution in [1.82, 2.24) is 0 Å². The Balaban J connectivity index is 2.41. The number of carboxylic acid groups (broad SMARTS) is 1. The van der Waals surface area contributed by atoms with Gasteiger partial charge < -0.3 is 9.52 Å². The van der Waals surface area contributed by atoms with Gasteiger partial charge in [-0.1, -0.05) is 27.6 Å². The van der Waals surface area contributed by atoms with Gasteiger partial charge in [-0.25, -0.2) is 4.79 Å². The number of carboxylic acids is 1. The monoisotopic (exact) mass is 308 g/mol. The molecule has 0 aliphatic rings. The SMILES string of the molecule is Cc1ccc(Br)c(C(=O)c2ccc(C(=O)O)o2)c1. The molecule has 0 saturated heterocycles. The van der Waals surface area contributed by atoms with Crippen molar-refractivity contribution in [2.45, 2.75) is 6.92 Å². The number of aryl methyl sites for hydroxylation is 1. The van der Waals surface area contributed by atoms with Gasteiger partial charge in [0.1, 0.15) is 0 Å². The first kappa shape index (κ1) is 12.6. The lowest BCUT2D eigenvalue weighted by atomic mass is 10.1. The van der Waals surface area contributed by atoms with Crippen molar-refractivity contribution in [2.24, 2.45) is 0 Å². The van der Waals surface area contributed by atoms with E-state index in [9.17, 15) is 9.59 Å². The second kappa shape index (κ2) is 4.78. The fourth-order valence-electron chi connectivity index (χ4n) is 1.52. The van der Waals surface area contributed by atoms with Gasteiger partial charge in [0, 0.05) is 10.0 Å². The van der Waals surface area contributed by atoms with Crippen molar-refractivity contribution in [3.63, 3.8) is 0 Å². The van der Waals surface area contributed by atoms with E-state index in [1.165, 1.54) is 12.1 Å². The number of carbonyl (C=O) groups is 2. The van der Waals surface area contributed by atoms with E-state index in [1.54, 1.807) is 12.1 Å². The summed E-state index contributed by atoms with van der Waals surface area (Å²) in [7, 11) is 0. The van der Waals surface area contributed by atoms with Crippen molar-refractivity contribution >= 4 is 27.7 Å². The van der Waals surface area contributed by atoms with Crippen LogP contribution in [0.3, 0.4) is 0 Å². The summed E-state index contributed by atoms with van der Waals surface area (Å²) in [5.74, 6) is -1.78. The van der Waals surface area contributed by atoms with E-state index in [-0.39, 0.29) is 17.3 Å². The normalized spacial score (nSPS) is 10.3. The second-order valence-electron chi connectivity index (χ2n) is 3.78. The van der Waals surface area contributed by atoms with Gasteiger partial charge in [0.05, 0.1) is 0 Å². The lowest BCUT2D eigenvalue weighted by Gasteiger charge is -2.02. The van der Waals surface area contributed by atoms with Crippen LogP contribution in [-0.2, 0) is 0 Å². The summed E-state index contributed by atoms with van der Waals surface area (Å²) in [6, 6.07) is 7.98. The largest absolute Gasteiger partial charge is 0.475 e. The van der Waals surface area contributed by atoms with Gasteiger partial charge in [-0.2, -0.15) is 0 Å². The number of halogens is 1. The summed E-state index contributed by atoms with van der Waals surface area (Å²) in [5, 5.41) is 8.73. The van der Waals surface area contributed by atoms with Crippen LogP contribution in [0.5, 0.6) is 0 Å². The molecular weight excluding hydrogens is 300 g/mol. The smallest absolute Gasteiger partial charge is 0.371 e. The Morgan fingerprint density at radius 3 is 2.44 bits per heavy atom. The topological polar surface area (TPSA) is 67.5 Å². The molecule has 0 spiro atoms.